The molecule has 2 atom stereocenters. The maximum Gasteiger partial charge on any atom is 0.247 e. The Kier molecular flexibility index (Phi) is 4.53. The van der Waals surface area contributed by atoms with E-state index in [4.69, 9.17) is 9.15 Å². The fourth-order valence-corrected chi connectivity index (χ4v) is 3.00. The normalized spacial score (nSPS) is 19.8. The quantitative estimate of drug-likeness (QED) is 0.700. The highest BCUT2D eigenvalue weighted by Crippen LogP contribution is 2.25. The highest BCUT2D eigenvalue weighted by atomic mass is 16.5. The predicted molar refractivity (Wildman–Crippen MR) is 89.5 cm³/mol. The van der Waals surface area contributed by atoms with E-state index in [1.165, 1.54) is 6.33 Å². The molecule has 25 heavy (non-hydrogen) atoms. The van der Waals surface area contributed by atoms with E-state index in [1.54, 1.807) is 11.0 Å². The van der Waals surface area contributed by atoms with Gasteiger partial charge >= 0.3 is 0 Å². The zero-order valence-electron chi connectivity index (χ0n) is 14.0. The first-order valence-corrected chi connectivity index (χ1v) is 8.36. The second-order valence-corrected chi connectivity index (χ2v) is 6.09. The van der Waals surface area contributed by atoms with Crippen LogP contribution in [0.25, 0.3) is 11.5 Å². The van der Waals surface area contributed by atoms with Crippen molar-refractivity contribution in [3.63, 3.8) is 0 Å². The van der Waals surface area contributed by atoms with Gasteiger partial charge < -0.3 is 9.15 Å². The summed E-state index contributed by atoms with van der Waals surface area (Å²) in [6.45, 7) is 5.05. The number of ether oxygens (including phenoxy) is 1. The van der Waals surface area contributed by atoms with Gasteiger partial charge in [0.1, 0.15) is 12.7 Å². The van der Waals surface area contributed by atoms with Gasteiger partial charge in [0.05, 0.1) is 25.3 Å². The van der Waals surface area contributed by atoms with Crippen molar-refractivity contribution < 1.29 is 9.15 Å². The molecule has 3 heterocycles. The Bertz CT molecular complexity index is 789. The van der Waals surface area contributed by atoms with Crippen molar-refractivity contribution in [3.8, 4) is 11.5 Å². The summed E-state index contributed by atoms with van der Waals surface area (Å²) < 4.78 is 13.5. The van der Waals surface area contributed by atoms with E-state index in [-0.39, 0.29) is 12.1 Å². The predicted octanol–water partition coefficient (Wildman–Crippen LogP) is 1.79. The summed E-state index contributed by atoms with van der Waals surface area (Å²) in [5.74, 6) is 1.18. The van der Waals surface area contributed by atoms with Crippen LogP contribution >= 0.6 is 0 Å². The Hall–Kier alpha value is -2.58. The van der Waals surface area contributed by atoms with Crippen molar-refractivity contribution in [3.05, 3.63) is 48.9 Å². The highest BCUT2D eigenvalue weighted by molar-refractivity contribution is 5.51. The zero-order valence-corrected chi connectivity index (χ0v) is 14.0. The smallest absolute Gasteiger partial charge is 0.247 e. The maximum atomic E-state index is 5.89. The van der Waals surface area contributed by atoms with E-state index in [9.17, 15) is 0 Å². The summed E-state index contributed by atoms with van der Waals surface area (Å²) in [7, 11) is 0. The van der Waals surface area contributed by atoms with Crippen LogP contribution in [0.2, 0.25) is 0 Å². The number of hydrogen-bond acceptors (Lipinski definition) is 7. The number of nitrogens with zero attached hydrogens (tertiary/aromatic N) is 6. The maximum absolute atomic E-state index is 5.89. The van der Waals surface area contributed by atoms with Crippen molar-refractivity contribution in [2.24, 2.45) is 0 Å². The van der Waals surface area contributed by atoms with Crippen LogP contribution < -0.4 is 0 Å². The summed E-state index contributed by atoms with van der Waals surface area (Å²) in [6.07, 6.45) is 3.30. The Morgan fingerprint density at radius 2 is 2.12 bits per heavy atom. The number of rotatable bonds is 5. The Labute approximate surface area is 145 Å². The fourth-order valence-electron chi connectivity index (χ4n) is 3.00. The van der Waals surface area contributed by atoms with Gasteiger partial charge in [-0.3, -0.25) is 9.58 Å². The molecular formula is C17H20N6O2. The molecule has 3 aromatic rings. The fraction of sp³-hybridized carbons (Fsp3) is 0.412. The van der Waals surface area contributed by atoms with Gasteiger partial charge in [0.25, 0.3) is 0 Å². The van der Waals surface area contributed by atoms with Gasteiger partial charge in [0.2, 0.25) is 11.8 Å². The highest BCUT2D eigenvalue weighted by Gasteiger charge is 2.28. The number of aromatic nitrogens is 5. The van der Waals surface area contributed by atoms with E-state index >= 15 is 0 Å². The minimum atomic E-state index is 0.0344. The van der Waals surface area contributed by atoms with Gasteiger partial charge in [-0.1, -0.05) is 18.2 Å². The summed E-state index contributed by atoms with van der Waals surface area (Å²) in [4.78, 5) is 6.27. The lowest BCUT2D eigenvalue weighted by Crippen LogP contribution is -2.45. The molecule has 1 aliphatic rings. The van der Waals surface area contributed by atoms with Gasteiger partial charge in [-0.05, 0) is 19.1 Å². The third-order valence-corrected chi connectivity index (χ3v) is 4.39. The molecule has 0 bridgehead atoms. The number of benzene rings is 1. The topological polar surface area (TPSA) is 82.1 Å². The van der Waals surface area contributed by atoms with E-state index in [2.05, 4.69) is 32.1 Å². The second-order valence-electron chi connectivity index (χ2n) is 6.09. The standard InChI is InChI=1S/C17H20N6O2/c1-13(16-20-21-17(25-16)14-5-3-2-4-6-14)22-7-8-24-15(9-22)10-23-12-18-11-19-23/h2-6,11-13,15H,7-10H2,1H3/t13-,15-/m0/s1. The first kappa shape index (κ1) is 15.9. The van der Waals surface area contributed by atoms with E-state index in [0.29, 0.717) is 24.9 Å². The largest absolute Gasteiger partial charge is 0.419 e. The van der Waals surface area contributed by atoms with Crippen molar-refractivity contribution in [1.29, 1.82) is 0 Å². The second kappa shape index (κ2) is 7.12. The molecule has 0 amide bonds. The molecule has 8 nitrogen and oxygen atoms in total. The molecule has 0 radical (unpaired) electrons. The van der Waals surface area contributed by atoms with Crippen LogP contribution in [0.5, 0.6) is 0 Å². The van der Waals surface area contributed by atoms with Gasteiger partial charge in [0.15, 0.2) is 0 Å². The van der Waals surface area contributed by atoms with Crippen LogP contribution in [0.1, 0.15) is 18.9 Å². The average Bonchev–Trinajstić information content (AvgIpc) is 3.34. The molecule has 1 saturated heterocycles. The molecule has 0 aliphatic carbocycles. The van der Waals surface area contributed by atoms with Gasteiger partial charge in [-0.2, -0.15) is 5.10 Å². The molecule has 8 heteroatoms. The molecule has 1 aliphatic heterocycles. The van der Waals surface area contributed by atoms with Crippen molar-refractivity contribution in [2.75, 3.05) is 19.7 Å². The minimum absolute atomic E-state index is 0.0344. The van der Waals surface area contributed by atoms with Crippen LogP contribution in [0.15, 0.2) is 47.4 Å². The van der Waals surface area contributed by atoms with Gasteiger partial charge in [0, 0.05) is 18.7 Å². The average molecular weight is 340 g/mol. The number of hydrogen-bond donors (Lipinski definition) is 0. The summed E-state index contributed by atoms with van der Waals surface area (Å²) in [6, 6.07) is 9.84. The Morgan fingerprint density at radius 1 is 1.24 bits per heavy atom. The van der Waals surface area contributed by atoms with E-state index in [0.717, 1.165) is 18.7 Å². The molecule has 1 fully saturated rings. The third kappa shape index (κ3) is 3.59. The molecule has 0 N–H and O–H groups in total. The monoisotopic (exact) mass is 340 g/mol. The van der Waals surface area contributed by atoms with Gasteiger partial charge in [-0.25, -0.2) is 4.98 Å². The molecule has 2 aromatic heterocycles. The first-order valence-electron chi connectivity index (χ1n) is 8.36. The van der Waals surface area contributed by atoms with Crippen molar-refractivity contribution in [2.45, 2.75) is 25.6 Å². The van der Waals surface area contributed by atoms with Crippen molar-refractivity contribution >= 4 is 0 Å². The van der Waals surface area contributed by atoms with Crippen LogP contribution in [0.3, 0.4) is 0 Å². The summed E-state index contributed by atoms with van der Waals surface area (Å²) >= 11 is 0. The summed E-state index contributed by atoms with van der Waals surface area (Å²) in [5, 5.41) is 12.6. The third-order valence-electron chi connectivity index (χ3n) is 4.39. The van der Waals surface area contributed by atoms with E-state index in [1.807, 2.05) is 30.3 Å². The minimum Gasteiger partial charge on any atom is -0.419 e. The molecular weight excluding hydrogens is 320 g/mol. The lowest BCUT2D eigenvalue weighted by atomic mass is 10.2. The molecule has 1 aromatic carbocycles. The van der Waals surface area contributed by atoms with Crippen LogP contribution in [0.4, 0.5) is 0 Å². The molecule has 4 rings (SSSR count). The number of morpholine rings is 1. The van der Waals surface area contributed by atoms with E-state index < -0.39 is 0 Å². The van der Waals surface area contributed by atoms with Crippen molar-refractivity contribution in [1.82, 2.24) is 29.9 Å². The van der Waals surface area contributed by atoms with Crippen LogP contribution in [-0.2, 0) is 11.3 Å². The van der Waals surface area contributed by atoms with Crippen LogP contribution in [0, 0.1) is 0 Å². The molecule has 0 spiro atoms. The molecule has 0 saturated carbocycles. The van der Waals surface area contributed by atoms with Gasteiger partial charge in [-0.15, -0.1) is 10.2 Å². The Balaban J connectivity index is 1.43. The zero-order chi connectivity index (χ0) is 17.1. The molecule has 0 unspecified atom stereocenters. The lowest BCUT2D eigenvalue weighted by Gasteiger charge is -2.35. The SMILES string of the molecule is C[C@@H](c1nnc(-c2ccccc2)o1)N1CCO[C@H](Cn2cncn2)C1. The lowest BCUT2D eigenvalue weighted by molar-refractivity contribution is -0.0526. The first-order chi connectivity index (χ1) is 12.3. The van der Waals surface area contributed by atoms with Crippen LogP contribution in [-0.4, -0.2) is 55.7 Å². The summed E-state index contributed by atoms with van der Waals surface area (Å²) in [5.41, 5.74) is 0.930. The molecule has 130 valence electrons. The Morgan fingerprint density at radius 3 is 2.92 bits per heavy atom.